The molecular formula is C23H27BrN4. The molecular weight excluding hydrogens is 412 g/mol. The van der Waals surface area contributed by atoms with Crippen LogP contribution in [-0.2, 0) is 13.1 Å². The van der Waals surface area contributed by atoms with Crippen molar-refractivity contribution in [2.24, 2.45) is 0 Å². The van der Waals surface area contributed by atoms with Crippen molar-refractivity contribution in [2.45, 2.75) is 26.9 Å². The molecule has 0 spiro atoms. The fourth-order valence-corrected chi connectivity index (χ4v) is 4.12. The van der Waals surface area contributed by atoms with Gasteiger partial charge < -0.3 is 10.6 Å². The smallest absolute Gasteiger partial charge is 0.0726 e. The van der Waals surface area contributed by atoms with Gasteiger partial charge in [0.05, 0.1) is 5.52 Å². The van der Waals surface area contributed by atoms with Gasteiger partial charge in [0.1, 0.15) is 0 Å². The van der Waals surface area contributed by atoms with Crippen LogP contribution in [0.1, 0.15) is 22.4 Å². The zero-order chi connectivity index (χ0) is 19.5. The number of rotatable bonds is 5. The summed E-state index contributed by atoms with van der Waals surface area (Å²) < 4.78 is 1.07. The molecule has 2 N–H and O–H groups in total. The third kappa shape index (κ3) is 4.37. The Hall–Kier alpha value is -1.95. The Kier molecular flexibility index (Phi) is 5.95. The number of piperazine rings is 1. The molecule has 4 rings (SSSR count). The van der Waals surface area contributed by atoms with Crippen LogP contribution >= 0.6 is 15.9 Å². The lowest BCUT2D eigenvalue weighted by atomic mass is 10.1. The molecule has 0 aliphatic carbocycles. The zero-order valence-electron chi connectivity index (χ0n) is 16.6. The van der Waals surface area contributed by atoms with Crippen LogP contribution in [0, 0.1) is 13.8 Å². The first-order chi connectivity index (χ1) is 13.6. The molecule has 0 atom stereocenters. The fraction of sp³-hybridized carbons (Fsp3) is 0.348. The minimum atomic E-state index is 0.805. The first-order valence-electron chi connectivity index (χ1n) is 9.91. The van der Waals surface area contributed by atoms with Gasteiger partial charge in [0, 0.05) is 60.5 Å². The van der Waals surface area contributed by atoms with Gasteiger partial charge in [0.15, 0.2) is 0 Å². The highest BCUT2D eigenvalue weighted by molar-refractivity contribution is 9.10. The lowest BCUT2D eigenvalue weighted by Gasteiger charge is -2.27. The number of nitrogens with zero attached hydrogens (tertiary/aromatic N) is 2. The second-order valence-corrected chi connectivity index (χ2v) is 8.47. The maximum absolute atomic E-state index is 4.73. The van der Waals surface area contributed by atoms with Crippen LogP contribution in [0.3, 0.4) is 0 Å². The van der Waals surface area contributed by atoms with E-state index in [0.29, 0.717) is 0 Å². The largest absolute Gasteiger partial charge is 0.380 e. The highest BCUT2D eigenvalue weighted by Gasteiger charge is 2.11. The minimum absolute atomic E-state index is 0.805. The van der Waals surface area contributed by atoms with E-state index in [2.05, 4.69) is 81.7 Å². The lowest BCUT2D eigenvalue weighted by Crippen LogP contribution is -2.42. The standard InChI is InChI=1S/C23H27BrN4/c1-16-17(2)27-22-8-7-20(24)13-21(22)23(16)26-14-18-3-5-19(6-4-18)15-28-11-9-25-10-12-28/h3-8,13,25H,9-12,14-15H2,1-2H3,(H,26,27). The molecule has 0 saturated carbocycles. The monoisotopic (exact) mass is 438 g/mol. The van der Waals surface area contributed by atoms with E-state index in [4.69, 9.17) is 4.98 Å². The van der Waals surface area contributed by atoms with Crippen LogP contribution < -0.4 is 10.6 Å². The van der Waals surface area contributed by atoms with Gasteiger partial charge in [0.2, 0.25) is 0 Å². The number of pyridine rings is 1. The van der Waals surface area contributed by atoms with Gasteiger partial charge in [-0.25, -0.2) is 0 Å². The van der Waals surface area contributed by atoms with Crippen LogP contribution in [-0.4, -0.2) is 36.1 Å². The SMILES string of the molecule is Cc1nc2ccc(Br)cc2c(NCc2ccc(CN3CCNCC3)cc2)c1C. The molecule has 2 aromatic carbocycles. The molecule has 0 unspecified atom stereocenters. The summed E-state index contributed by atoms with van der Waals surface area (Å²) in [5.74, 6) is 0. The summed E-state index contributed by atoms with van der Waals surface area (Å²) >= 11 is 3.59. The highest BCUT2D eigenvalue weighted by Crippen LogP contribution is 2.30. The van der Waals surface area contributed by atoms with Crippen molar-refractivity contribution in [3.05, 3.63) is 69.3 Å². The van der Waals surface area contributed by atoms with E-state index in [9.17, 15) is 0 Å². The number of hydrogen-bond acceptors (Lipinski definition) is 4. The van der Waals surface area contributed by atoms with Gasteiger partial charge in [0.25, 0.3) is 0 Å². The Morgan fingerprint density at radius 2 is 1.75 bits per heavy atom. The van der Waals surface area contributed by atoms with Gasteiger partial charge in [-0.3, -0.25) is 9.88 Å². The van der Waals surface area contributed by atoms with Crippen molar-refractivity contribution in [3.8, 4) is 0 Å². The number of hydrogen-bond donors (Lipinski definition) is 2. The first kappa shape index (κ1) is 19.4. The Morgan fingerprint density at radius 1 is 1.04 bits per heavy atom. The maximum Gasteiger partial charge on any atom is 0.0726 e. The Labute approximate surface area is 175 Å². The van der Waals surface area contributed by atoms with E-state index in [0.717, 1.165) is 60.3 Å². The number of benzene rings is 2. The molecule has 4 nitrogen and oxygen atoms in total. The summed E-state index contributed by atoms with van der Waals surface area (Å²) in [5, 5.41) is 8.23. The predicted octanol–water partition coefficient (Wildman–Crippen LogP) is 4.63. The molecule has 1 aliphatic rings. The van der Waals surface area contributed by atoms with Crippen LogP contribution in [0.5, 0.6) is 0 Å². The first-order valence-corrected chi connectivity index (χ1v) is 10.7. The van der Waals surface area contributed by atoms with Gasteiger partial charge in [-0.05, 0) is 48.7 Å². The van der Waals surface area contributed by atoms with E-state index < -0.39 is 0 Å². The van der Waals surface area contributed by atoms with Crippen LogP contribution in [0.15, 0.2) is 46.9 Å². The summed E-state index contributed by atoms with van der Waals surface area (Å²) in [6.07, 6.45) is 0. The topological polar surface area (TPSA) is 40.2 Å². The summed E-state index contributed by atoms with van der Waals surface area (Å²) in [6, 6.07) is 15.3. The molecule has 146 valence electrons. The molecule has 5 heteroatoms. The van der Waals surface area contributed by atoms with Crippen LogP contribution in [0.25, 0.3) is 10.9 Å². The molecule has 2 heterocycles. The lowest BCUT2D eigenvalue weighted by molar-refractivity contribution is 0.233. The van der Waals surface area contributed by atoms with Gasteiger partial charge in [-0.1, -0.05) is 40.2 Å². The van der Waals surface area contributed by atoms with Crippen molar-refractivity contribution in [2.75, 3.05) is 31.5 Å². The van der Waals surface area contributed by atoms with Crippen molar-refractivity contribution in [1.29, 1.82) is 0 Å². The van der Waals surface area contributed by atoms with Gasteiger partial charge in [-0.2, -0.15) is 0 Å². The molecule has 1 fully saturated rings. The molecule has 0 bridgehead atoms. The third-order valence-electron chi connectivity index (χ3n) is 5.54. The van der Waals surface area contributed by atoms with E-state index in [1.807, 2.05) is 6.07 Å². The third-order valence-corrected chi connectivity index (χ3v) is 6.04. The fourth-order valence-electron chi connectivity index (χ4n) is 3.76. The van der Waals surface area contributed by atoms with E-state index in [-0.39, 0.29) is 0 Å². The van der Waals surface area contributed by atoms with Crippen molar-refractivity contribution in [1.82, 2.24) is 15.2 Å². The quantitative estimate of drug-likeness (QED) is 0.608. The molecule has 1 aromatic heterocycles. The molecule has 1 saturated heterocycles. The number of fused-ring (bicyclic) bond motifs is 1. The normalized spacial score (nSPS) is 15.1. The van der Waals surface area contributed by atoms with Crippen molar-refractivity contribution >= 4 is 32.5 Å². The number of aryl methyl sites for hydroxylation is 1. The second kappa shape index (κ2) is 8.60. The highest BCUT2D eigenvalue weighted by atomic mass is 79.9. The van der Waals surface area contributed by atoms with Gasteiger partial charge >= 0.3 is 0 Å². The average molecular weight is 439 g/mol. The number of halogens is 1. The molecule has 28 heavy (non-hydrogen) atoms. The molecule has 0 amide bonds. The maximum atomic E-state index is 4.73. The molecule has 0 radical (unpaired) electrons. The Morgan fingerprint density at radius 3 is 2.50 bits per heavy atom. The van der Waals surface area contributed by atoms with Crippen molar-refractivity contribution < 1.29 is 0 Å². The second-order valence-electron chi connectivity index (χ2n) is 7.55. The average Bonchev–Trinajstić information content (AvgIpc) is 2.71. The van der Waals surface area contributed by atoms with Crippen LogP contribution in [0.4, 0.5) is 5.69 Å². The zero-order valence-corrected chi connectivity index (χ0v) is 18.1. The Balaban J connectivity index is 1.48. The predicted molar refractivity (Wildman–Crippen MR) is 121 cm³/mol. The molecule has 3 aromatic rings. The number of anilines is 1. The minimum Gasteiger partial charge on any atom is -0.380 e. The number of nitrogens with one attached hydrogen (secondary N) is 2. The Bertz CT molecular complexity index is 962. The summed E-state index contributed by atoms with van der Waals surface area (Å²) in [5.41, 5.74) is 7.16. The van der Waals surface area contributed by atoms with E-state index in [1.54, 1.807) is 0 Å². The summed E-state index contributed by atoms with van der Waals surface area (Å²) in [7, 11) is 0. The molecule has 1 aliphatic heterocycles. The summed E-state index contributed by atoms with van der Waals surface area (Å²) in [4.78, 5) is 7.24. The summed E-state index contributed by atoms with van der Waals surface area (Å²) in [6.45, 7) is 10.5. The van der Waals surface area contributed by atoms with E-state index >= 15 is 0 Å². The van der Waals surface area contributed by atoms with Gasteiger partial charge in [-0.15, -0.1) is 0 Å². The number of aromatic nitrogens is 1. The van der Waals surface area contributed by atoms with E-state index in [1.165, 1.54) is 22.4 Å². The van der Waals surface area contributed by atoms with Crippen molar-refractivity contribution in [3.63, 3.8) is 0 Å². The van der Waals surface area contributed by atoms with Crippen LogP contribution in [0.2, 0.25) is 0 Å².